The first-order valence-electron chi connectivity index (χ1n) is 8.59. The average molecular weight is 350 g/mol. The summed E-state index contributed by atoms with van der Waals surface area (Å²) in [6.45, 7) is 5.46. The molecule has 26 heavy (non-hydrogen) atoms. The minimum atomic E-state index is -0.114. The number of rotatable bonds is 9. The Kier molecular flexibility index (Phi) is 7.65. The minimum Gasteiger partial charge on any atom is -0.490 e. The summed E-state index contributed by atoms with van der Waals surface area (Å²) in [6, 6.07) is 15.7. The van der Waals surface area contributed by atoms with E-state index in [1.165, 1.54) is 5.56 Å². The van der Waals surface area contributed by atoms with Crippen LogP contribution in [0.4, 0.5) is 0 Å². The molecule has 0 heterocycles. The number of hydrogen-bond donors (Lipinski definition) is 1. The largest absolute Gasteiger partial charge is 0.490 e. The third kappa shape index (κ3) is 6.57. The Morgan fingerprint density at radius 3 is 2.46 bits per heavy atom. The van der Waals surface area contributed by atoms with E-state index in [4.69, 9.17) is 4.74 Å². The van der Waals surface area contributed by atoms with Gasteiger partial charge in [-0.1, -0.05) is 49.1 Å². The lowest BCUT2D eigenvalue weighted by Crippen LogP contribution is -2.22. The van der Waals surface area contributed by atoms with Gasteiger partial charge in [0.1, 0.15) is 12.4 Å². The second-order valence-electron chi connectivity index (χ2n) is 6.23. The summed E-state index contributed by atoms with van der Waals surface area (Å²) in [5.41, 5.74) is 3.29. The molecule has 0 radical (unpaired) electrons. The van der Waals surface area contributed by atoms with Crippen molar-refractivity contribution in [1.29, 1.82) is 0 Å². The maximum atomic E-state index is 12.1. The SMILES string of the molecule is C=CCOc1ccc(/C=C/C(=O)NCc2ccccc2CN(C)C)cc1. The van der Waals surface area contributed by atoms with Crippen molar-refractivity contribution in [2.45, 2.75) is 13.1 Å². The molecule has 2 aromatic rings. The highest BCUT2D eigenvalue weighted by Crippen LogP contribution is 2.13. The number of ether oxygens (including phenoxy) is 1. The van der Waals surface area contributed by atoms with Gasteiger partial charge in [-0.05, 0) is 49.0 Å². The number of nitrogens with one attached hydrogen (secondary N) is 1. The summed E-state index contributed by atoms with van der Waals surface area (Å²) < 4.78 is 5.44. The molecule has 0 aliphatic heterocycles. The quantitative estimate of drug-likeness (QED) is 0.554. The first-order valence-corrected chi connectivity index (χ1v) is 8.59. The molecule has 1 amide bonds. The Bertz CT molecular complexity index is 749. The van der Waals surface area contributed by atoms with Gasteiger partial charge in [0.25, 0.3) is 0 Å². The van der Waals surface area contributed by atoms with Crippen molar-refractivity contribution in [2.75, 3.05) is 20.7 Å². The van der Waals surface area contributed by atoms with Crippen molar-refractivity contribution in [3.05, 3.63) is 84.0 Å². The van der Waals surface area contributed by atoms with Crippen LogP contribution in [-0.4, -0.2) is 31.5 Å². The molecule has 136 valence electrons. The molecule has 0 aromatic heterocycles. The lowest BCUT2D eigenvalue weighted by molar-refractivity contribution is -0.116. The van der Waals surface area contributed by atoms with Crippen LogP contribution in [0.25, 0.3) is 6.08 Å². The van der Waals surface area contributed by atoms with Crippen LogP contribution in [0.15, 0.2) is 67.3 Å². The van der Waals surface area contributed by atoms with Gasteiger partial charge in [-0.15, -0.1) is 0 Å². The Balaban J connectivity index is 1.89. The highest BCUT2D eigenvalue weighted by atomic mass is 16.5. The van der Waals surface area contributed by atoms with Gasteiger partial charge < -0.3 is 15.0 Å². The van der Waals surface area contributed by atoms with Crippen LogP contribution in [0, 0.1) is 0 Å². The second kappa shape index (κ2) is 10.2. The summed E-state index contributed by atoms with van der Waals surface area (Å²) in [4.78, 5) is 14.2. The number of amides is 1. The molecular weight excluding hydrogens is 324 g/mol. The summed E-state index contributed by atoms with van der Waals surface area (Å²) in [7, 11) is 4.07. The average Bonchev–Trinajstić information content (AvgIpc) is 2.64. The van der Waals surface area contributed by atoms with Gasteiger partial charge in [-0.25, -0.2) is 0 Å². The number of nitrogens with zero attached hydrogens (tertiary/aromatic N) is 1. The molecule has 0 spiro atoms. The number of carbonyl (C=O) groups is 1. The number of benzene rings is 2. The van der Waals surface area contributed by atoms with Crippen molar-refractivity contribution in [3.8, 4) is 5.75 Å². The summed E-state index contributed by atoms with van der Waals surface area (Å²) in [6.07, 6.45) is 5.04. The maximum absolute atomic E-state index is 12.1. The monoisotopic (exact) mass is 350 g/mol. The molecule has 4 nitrogen and oxygen atoms in total. The Morgan fingerprint density at radius 1 is 1.12 bits per heavy atom. The van der Waals surface area contributed by atoms with E-state index in [1.807, 2.05) is 56.6 Å². The van der Waals surface area contributed by atoms with Crippen molar-refractivity contribution < 1.29 is 9.53 Å². The van der Waals surface area contributed by atoms with E-state index in [2.05, 4.69) is 22.9 Å². The van der Waals surface area contributed by atoms with Gasteiger partial charge in [-0.3, -0.25) is 4.79 Å². The van der Waals surface area contributed by atoms with Crippen LogP contribution in [0.5, 0.6) is 5.75 Å². The Labute approximate surface area is 155 Å². The highest BCUT2D eigenvalue weighted by Gasteiger charge is 2.04. The van der Waals surface area contributed by atoms with Crippen molar-refractivity contribution >= 4 is 12.0 Å². The first kappa shape index (κ1) is 19.5. The van der Waals surface area contributed by atoms with Crippen LogP contribution >= 0.6 is 0 Å². The fourth-order valence-corrected chi connectivity index (χ4v) is 2.47. The van der Waals surface area contributed by atoms with E-state index in [0.717, 1.165) is 23.4 Å². The number of carbonyl (C=O) groups excluding carboxylic acids is 1. The molecule has 2 aromatic carbocycles. The zero-order valence-corrected chi connectivity index (χ0v) is 15.4. The van der Waals surface area contributed by atoms with Gasteiger partial charge in [0.15, 0.2) is 0 Å². The molecule has 0 aliphatic carbocycles. The fraction of sp³-hybridized carbons (Fsp3) is 0.227. The van der Waals surface area contributed by atoms with Crippen molar-refractivity contribution in [2.24, 2.45) is 0 Å². The molecule has 0 atom stereocenters. The van der Waals surface area contributed by atoms with Crippen LogP contribution in [-0.2, 0) is 17.9 Å². The fourth-order valence-electron chi connectivity index (χ4n) is 2.47. The van der Waals surface area contributed by atoms with Gasteiger partial charge in [0.2, 0.25) is 5.91 Å². The zero-order valence-electron chi connectivity index (χ0n) is 15.4. The summed E-state index contributed by atoms with van der Waals surface area (Å²) in [5.74, 6) is 0.667. The van der Waals surface area contributed by atoms with Gasteiger partial charge >= 0.3 is 0 Å². The summed E-state index contributed by atoms with van der Waals surface area (Å²) >= 11 is 0. The lowest BCUT2D eigenvalue weighted by atomic mass is 10.1. The smallest absolute Gasteiger partial charge is 0.244 e. The van der Waals surface area contributed by atoms with Crippen LogP contribution in [0.3, 0.4) is 0 Å². The van der Waals surface area contributed by atoms with Gasteiger partial charge in [0.05, 0.1) is 0 Å². The Morgan fingerprint density at radius 2 is 1.81 bits per heavy atom. The van der Waals surface area contributed by atoms with Crippen LogP contribution < -0.4 is 10.1 Å². The maximum Gasteiger partial charge on any atom is 0.244 e. The van der Waals surface area contributed by atoms with E-state index in [-0.39, 0.29) is 5.91 Å². The van der Waals surface area contributed by atoms with E-state index >= 15 is 0 Å². The molecular formula is C22H26N2O2. The lowest BCUT2D eigenvalue weighted by Gasteiger charge is -2.14. The van der Waals surface area contributed by atoms with E-state index in [0.29, 0.717) is 13.2 Å². The Hall–Kier alpha value is -2.85. The predicted octanol–water partition coefficient (Wildman–Crippen LogP) is 3.64. The molecule has 0 saturated carbocycles. The van der Waals surface area contributed by atoms with E-state index in [1.54, 1.807) is 18.2 Å². The molecule has 2 rings (SSSR count). The molecule has 0 fully saturated rings. The number of hydrogen-bond acceptors (Lipinski definition) is 3. The molecule has 0 aliphatic rings. The first-order chi connectivity index (χ1) is 12.6. The van der Waals surface area contributed by atoms with Crippen molar-refractivity contribution in [3.63, 3.8) is 0 Å². The molecule has 0 unspecified atom stereocenters. The normalized spacial score (nSPS) is 10.9. The molecule has 1 N–H and O–H groups in total. The second-order valence-corrected chi connectivity index (χ2v) is 6.23. The third-order valence-electron chi connectivity index (χ3n) is 3.73. The zero-order chi connectivity index (χ0) is 18.8. The topological polar surface area (TPSA) is 41.6 Å². The van der Waals surface area contributed by atoms with Crippen molar-refractivity contribution in [1.82, 2.24) is 10.2 Å². The molecule has 4 heteroatoms. The minimum absolute atomic E-state index is 0.114. The summed E-state index contributed by atoms with van der Waals surface area (Å²) in [5, 5.41) is 2.94. The van der Waals surface area contributed by atoms with E-state index < -0.39 is 0 Å². The van der Waals surface area contributed by atoms with Crippen LogP contribution in [0.2, 0.25) is 0 Å². The third-order valence-corrected chi connectivity index (χ3v) is 3.73. The van der Waals surface area contributed by atoms with Gasteiger partial charge in [-0.2, -0.15) is 0 Å². The predicted molar refractivity (Wildman–Crippen MR) is 107 cm³/mol. The van der Waals surface area contributed by atoms with E-state index in [9.17, 15) is 4.79 Å². The standard InChI is InChI=1S/C22H26N2O2/c1-4-15-26-21-12-9-18(10-13-21)11-14-22(25)23-16-19-7-5-6-8-20(19)17-24(2)3/h4-14H,1,15-17H2,2-3H3,(H,23,25)/b14-11+. The molecule has 0 bridgehead atoms. The molecule has 0 saturated heterocycles. The highest BCUT2D eigenvalue weighted by molar-refractivity contribution is 5.91. The van der Waals surface area contributed by atoms with Crippen LogP contribution in [0.1, 0.15) is 16.7 Å². The van der Waals surface area contributed by atoms with Gasteiger partial charge in [0, 0.05) is 19.2 Å².